The van der Waals surface area contributed by atoms with Crippen LogP contribution in [0.5, 0.6) is 0 Å². The molecular formula is C12H12F3N3O2S2. The van der Waals surface area contributed by atoms with Crippen molar-refractivity contribution in [3.05, 3.63) is 40.4 Å². The third-order valence-electron chi connectivity index (χ3n) is 2.63. The molecule has 0 aliphatic carbocycles. The Morgan fingerprint density at radius 2 is 1.82 bits per heavy atom. The zero-order valence-electron chi connectivity index (χ0n) is 11.4. The standard InChI is InChI=1S/C12H12F3N3O2S2/c1-22(19,20)7-9-5-3-2-4-8(9)6-16-11-18-17-10(21-11)12(13,14)15/h2-5H,6-7H2,1H3,(H,16,18). The molecule has 10 heteroatoms. The van der Waals surface area contributed by atoms with Crippen LogP contribution in [0.1, 0.15) is 16.1 Å². The van der Waals surface area contributed by atoms with E-state index < -0.39 is 21.0 Å². The molecule has 5 nitrogen and oxygen atoms in total. The van der Waals surface area contributed by atoms with Gasteiger partial charge in [0.05, 0.1) is 5.75 Å². The lowest BCUT2D eigenvalue weighted by molar-refractivity contribution is -0.138. The maximum absolute atomic E-state index is 12.4. The molecule has 0 aliphatic heterocycles. The topological polar surface area (TPSA) is 72.0 Å². The molecule has 1 aromatic heterocycles. The Morgan fingerprint density at radius 1 is 1.18 bits per heavy atom. The number of nitrogens with one attached hydrogen (secondary N) is 1. The molecule has 0 unspecified atom stereocenters. The van der Waals surface area contributed by atoms with Crippen molar-refractivity contribution in [2.75, 3.05) is 11.6 Å². The zero-order valence-corrected chi connectivity index (χ0v) is 13.0. The van der Waals surface area contributed by atoms with E-state index in [9.17, 15) is 21.6 Å². The first kappa shape index (κ1) is 16.7. The highest BCUT2D eigenvalue weighted by molar-refractivity contribution is 7.89. The van der Waals surface area contributed by atoms with Crippen LogP contribution in [0.4, 0.5) is 18.3 Å². The number of rotatable bonds is 5. The summed E-state index contributed by atoms with van der Waals surface area (Å²) < 4.78 is 60.0. The van der Waals surface area contributed by atoms with Crippen LogP contribution < -0.4 is 5.32 Å². The molecule has 1 aromatic carbocycles. The van der Waals surface area contributed by atoms with E-state index >= 15 is 0 Å². The molecule has 0 spiro atoms. The highest BCUT2D eigenvalue weighted by atomic mass is 32.2. The Morgan fingerprint density at radius 3 is 2.36 bits per heavy atom. The Balaban J connectivity index is 2.10. The number of halogens is 3. The number of nitrogens with zero attached hydrogens (tertiary/aromatic N) is 2. The van der Waals surface area contributed by atoms with Crippen molar-refractivity contribution in [1.29, 1.82) is 0 Å². The van der Waals surface area contributed by atoms with Gasteiger partial charge in [0.1, 0.15) is 0 Å². The summed E-state index contributed by atoms with van der Waals surface area (Å²) in [5, 5.41) is 8.22. The Hall–Kier alpha value is -1.68. The smallest absolute Gasteiger partial charge is 0.356 e. The van der Waals surface area contributed by atoms with Crippen molar-refractivity contribution in [3.8, 4) is 0 Å². The van der Waals surface area contributed by atoms with E-state index in [1.165, 1.54) is 0 Å². The first-order valence-corrected chi connectivity index (χ1v) is 8.92. The monoisotopic (exact) mass is 351 g/mol. The van der Waals surface area contributed by atoms with Crippen LogP contribution in [-0.4, -0.2) is 24.9 Å². The van der Waals surface area contributed by atoms with Gasteiger partial charge in [0.2, 0.25) is 10.1 Å². The van der Waals surface area contributed by atoms with Gasteiger partial charge in [0, 0.05) is 12.8 Å². The van der Waals surface area contributed by atoms with Crippen LogP contribution in [0.25, 0.3) is 0 Å². The van der Waals surface area contributed by atoms with E-state index in [2.05, 4.69) is 15.5 Å². The summed E-state index contributed by atoms with van der Waals surface area (Å²) in [6.45, 7) is 0.165. The highest BCUT2D eigenvalue weighted by Crippen LogP contribution is 2.33. The Bertz CT molecular complexity index is 757. The lowest BCUT2D eigenvalue weighted by atomic mass is 10.1. The molecular weight excluding hydrogens is 339 g/mol. The number of anilines is 1. The zero-order chi connectivity index (χ0) is 16.4. The van der Waals surface area contributed by atoms with E-state index in [0.29, 0.717) is 22.5 Å². The summed E-state index contributed by atoms with van der Waals surface area (Å²) in [5.41, 5.74) is 1.27. The van der Waals surface area contributed by atoms with Gasteiger partial charge in [0.25, 0.3) is 0 Å². The predicted molar refractivity (Wildman–Crippen MR) is 77.2 cm³/mol. The van der Waals surface area contributed by atoms with Crippen LogP contribution in [0.3, 0.4) is 0 Å². The molecule has 0 saturated heterocycles. The summed E-state index contributed by atoms with van der Waals surface area (Å²) in [6.07, 6.45) is -3.40. The molecule has 2 aromatic rings. The molecule has 1 heterocycles. The van der Waals surface area contributed by atoms with Crippen LogP contribution in [0.15, 0.2) is 24.3 Å². The molecule has 0 saturated carbocycles. The van der Waals surface area contributed by atoms with Gasteiger partial charge in [-0.2, -0.15) is 13.2 Å². The fraction of sp³-hybridized carbons (Fsp3) is 0.333. The molecule has 2 rings (SSSR count). The molecule has 1 N–H and O–H groups in total. The van der Waals surface area contributed by atoms with Gasteiger partial charge in [-0.05, 0) is 11.1 Å². The van der Waals surface area contributed by atoms with E-state index in [1.54, 1.807) is 24.3 Å². The van der Waals surface area contributed by atoms with E-state index in [-0.39, 0.29) is 17.4 Å². The second-order valence-corrected chi connectivity index (χ2v) is 7.72. The molecule has 0 atom stereocenters. The van der Waals surface area contributed by atoms with Gasteiger partial charge in [-0.3, -0.25) is 0 Å². The molecule has 120 valence electrons. The molecule has 0 fully saturated rings. The molecule has 0 bridgehead atoms. The lowest BCUT2D eigenvalue weighted by Gasteiger charge is -2.09. The highest BCUT2D eigenvalue weighted by Gasteiger charge is 2.35. The number of hydrogen-bond acceptors (Lipinski definition) is 6. The van der Waals surface area contributed by atoms with Gasteiger partial charge in [-0.25, -0.2) is 8.42 Å². The maximum Gasteiger partial charge on any atom is 0.445 e. The third kappa shape index (κ3) is 4.67. The number of sulfone groups is 1. The summed E-state index contributed by atoms with van der Waals surface area (Å²) in [6, 6.07) is 6.80. The summed E-state index contributed by atoms with van der Waals surface area (Å²) in [4.78, 5) is 0. The second-order valence-electron chi connectivity index (χ2n) is 4.60. The van der Waals surface area contributed by atoms with Gasteiger partial charge in [-0.15, -0.1) is 10.2 Å². The number of hydrogen-bond donors (Lipinski definition) is 1. The van der Waals surface area contributed by atoms with Crippen LogP contribution in [0, 0.1) is 0 Å². The first-order chi connectivity index (χ1) is 10.1. The largest absolute Gasteiger partial charge is 0.445 e. The predicted octanol–water partition coefficient (Wildman–Crippen LogP) is 2.71. The SMILES string of the molecule is CS(=O)(=O)Cc1ccccc1CNc1nnc(C(F)(F)F)s1. The van der Waals surface area contributed by atoms with Crippen LogP contribution >= 0.6 is 11.3 Å². The Kier molecular flexibility index (Phi) is 4.71. The van der Waals surface area contributed by atoms with Gasteiger partial charge >= 0.3 is 6.18 Å². The number of alkyl halides is 3. The van der Waals surface area contributed by atoms with Crippen molar-refractivity contribution >= 4 is 26.3 Å². The fourth-order valence-corrected chi connectivity index (χ4v) is 3.19. The minimum atomic E-state index is -4.52. The minimum Gasteiger partial charge on any atom is -0.356 e. The minimum absolute atomic E-state index is 0.0292. The Labute approximate surface area is 129 Å². The quantitative estimate of drug-likeness (QED) is 0.897. The molecule has 0 radical (unpaired) electrons. The normalized spacial score (nSPS) is 12.4. The summed E-state index contributed by atoms with van der Waals surface area (Å²) in [7, 11) is -3.20. The van der Waals surface area contributed by atoms with Crippen molar-refractivity contribution < 1.29 is 21.6 Å². The van der Waals surface area contributed by atoms with Gasteiger partial charge < -0.3 is 5.32 Å². The number of benzene rings is 1. The van der Waals surface area contributed by atoms with Crippen molar-refractivity contribution in [3.63, 3.8) is 0 Å². The van der Waals surface area contributed by atoms with Crippen LogP contribution in [0.2, 0.25) is 0 Å². The first-order valence-electron chi connectivity index (χ1n) is 6.04. The van der Waals surface area contributed by atoms with Gasteiger partial charge in [-0.1, -0.05) is 35.6 Å². The van der Waals surface area contributed by atoms with Crippen molar-refractivity contribution in [2.24, 2.45) is 0 Å². The molecule has 0 aliphatic rings. The van der Waals surface area contributed by atoms with Crippen LogP contribution in [-0.2, 0) is 28.3 Å². The molecule has 22 heavy (non-hydrogen) atoms. The fourth-order valence-electron chi connectivity index (χ4n) is 1.73. The van der Waals surface area contributed by atoms with Crippen molar-refractivity contribution in [1.82, 2.24) is 10.2 Å². The van der Waals surface area contributed by atoms with Crippen molar-refractivity contribution in [2.45, 2.75) is 18.5 Å². The molecule has 0 amide bonds. The lowest BCUT2D eigenvalue weighted by Crippen LogP contribution is -2.07. The van der Waals surface area contributed by atoms with E-state index in [4.69, 9.17) is 0 Å². The third-order valence-corrected chi connectivity index (χ3v) is 4.39. The van der Waals surface area contributed by atoms with Gasteiger partial charge in [0.15, 0.2) is 9.84 Å². The maximum atomic E-state index is 12.4. The summed E-state index contributed by atoms with van der Waals surface area (Å²) >= 11 is 0.401. The average molecular weight is 351 g/mol. The summed E-state index contributed by atoms with van der Waals surface area (Å²) in [5.74, 6) is -0.130. The number of aromatic nitrogens is 2. The second kappa shape index (κ2) is 6.21. The average Bonchev–Trinajstić information content (AvgIpc) is 2.84. The van der Waals surface area contributed by atoms with E-state index in [0.717, 1.165) is 6.26 Å². The van der Waals surface area contributed by atoms with E-state index in [1.807, 2.05) is 0 Å².